The minimum absolute atomic E-state index is 0.241. The molecule has 0 unspecified atom stereocenters. The van der Waals surface area contributed by atoms with E-state index in [2.05, 4.69) is 5.32 Å². The fourth-order valence-corrected chi connectivity index (χ4v) is 1.12. The zero-order valence-electron chi connectivity index (χ0n) is 5.97. The SMILES string of the molecule is N#CCOC1CCNCC1. The Hall–Kier alpha value is -0.590. The summed E-state index contributed by atoms with van der Waals surface area (Å²) in [7, 11) is 0. The van der Waals surface area contributed by atoms with Crippen LogP contribution in [-0.4, -0.2) is 25.8 Å². The molecule has 1 aliphatic heterocycles. The molecule has 0 aliphatic carbocycles. The summed E-state index contributed by atoms with van der Waals surface area (Å²) in [6.45, 7) is 2.29. The van der Waals surface area contributed by atoms with Crippen LogP contribution in [0.1, 0.15) is 12.8 Å². The summed E-state index contributed by atoms with van der Waals surface area (Å²) in [6.07, 6.45) is 2.41. The molecule has 3 nitrogen and oxygen atoms in total. The maximum Gasteiger partial charge on any atom is 0.134 e. The second kappa shape index (κ2) is 4.26. The minimum Gasteiger partial charge on any atom is -0.363 e. The Balaban J connectivity index is 2.09. The van der Waals surface area contributed by atoms with Crippen LogP contribution in [0.5, 0.6) is 0 Å². The molecule has 3 heteroatoms. The van der Waals surface area contributed by atoms with E-state index in [1.165, 1.54) is 0 Å². The lowest BCUT2D eigenvalue weighted by Crippen LogP contribution is -2.32. The number of piperidine rings is 1. The molecular formula is C7H12N2O. The van der Waals surface area contributed by atoms with E-state index in [-0.39, 0.29) is 6.61 Å². The molecule has 0 bridgehead atoms. The third kappa shape index (κ3) is 2.34. The van der Waals surface area contributed by atoms with Gasteiger partial charge in [0.05, 0.1) is 12.2 Å². The van der Waals surface area contributed by atoms with E-state index < -0.39 is 0 Å². The fraction of sp³-hybridized carbons (Fsp3) is 0.857. The lowest BCUT2D eigenvalue weighted by atomic mass is 10.1. The highest BCUT2D eigenvalue weighted by Crippen LogP contribution is 2.05. The van der Waals surface area contributed by atoms with Gasteiger partial charge in [-0.2, -0.15) is 5.26 Å². The maximum absolute atomic E-state index is 8.21. The van der Waals surface area contributed by atoms with Gasteiger partial charge in [0.15, 0.2) is 0 Å². The van der Waals surface area contributed by atoms with Gasteiger partial charge in [-0.15, -0.1) is 0 Å². The zero-order valence-corrected chi connectivity index (χ0v) is 5.97. The quantitative estimate of drug-likeness (QED) is 0.599. The predicted molar refractivity (Wildman–Crippen MR) is 37.5 cm³/mol. The third-order valence-corrected chi connectivity index (χ3v) is 1.67. The molecule has 1 fully saturated rings. The molecule has 0 aromatic carbocycles. The molecule has 1 N–H and O–H groups in total. The first-order valence-corrected chi connectivity index (χ1v) is 3.63. The van der Waals surface area contributed by atoms with Crippen molar-refractivity contribution in [3.05, 3.63) is 0 Å². The van der Waals surface area contributed by atoms with E-state index in [4.69, 9.17) is 10.00 Å². The lowest BCUT2D eigenvalue weighted by molar-refractivity contribution is 0.0541. The summed E-state index contributed by atoms with van der Waals surface area (Å²) < 4.78 is 5.23. The second-order valence-corrected chi connectivity index (χ2v) is 2.42. The second-order valence-electron chi connectivity index (χ2n) is 2.42. The number of hydrogen-bond acceptors (Lipinski definition) is 3. The van der Waals surface area contributed by atoms with E-state index in [0.717, 1.165) is 25.9 Å². The first kappa shape index (κ1) is 7.52. The van der Waals surface area contributed by atoms with Crippen LogP contribution in [0.4, 0.5) is 0 Å². The molecule has 0 spiro atoms. The van der Waals surface area contributed by atoms with Gasteiger partial charge in [0, 0.05) is 0 Å². The van der Waals surface area contributed by atoms with Crippen LogP contribution in [-0.2, 0) is 4.74 Å². The topological polar surface area (TPSA) is 45.0 Å². The number of rotatable bonds is 2. The molecule has 1 rings (SSSR count). The van der Waals surface area contributed by atoms with Crippen molar-refractivity contribution < 1.29 is 4.74 Å². The Morgan fingerprint density at radius 2 is 2.20 bits per heavy atom. The number of nitrogens with zero attached hydrogens (tertiary/aromatic N) is 1. The smallest absolute Gasteiger partial charge is 0.134 e. The average Bonchev–Trinajstić information content (AvgIpc) is 2.03. The van der Waals surface area contributed by atoms with Crippen molar-refractivity contribution in [3.63, 3.8) is 0 Å². The van der Waals surface area contributed by atoms with Crippen LogP contribution in [0.25, 0.3) is 0 Å². The molecular weight excluding hydrogens is 128 g/mol. The molecule has 0 saturated carbocycles. The van der Waals surface area contributed by atoms with Gasteiger partial charge in [-0.1, -0.05) is 0 Å². The normalized spacial score (nSPS) is 20.3. The molecule has 1 heterocycles. The Bertz CT molecular complexity index is 124. The Labute approximate surface area is 61.0 Å². The van der Waals surface area contributed by atoms with Gasteiger partial charge in [0.25, 0.3) is 0 Å². The Morgan fingerprint density at radius 1 is 1.50 bits per heavy atom. The Kier molecular flexibility index (Phi) is 3.20. The van der Waals surface area contributed by atoms with Crippen molar-refractivity contribution in [3.8, 4) is 6.07 Å². The molecule has 10 heavy (non-hydrogen) atoms. The maximum atomic E-state index is 8.21. The molecule has 56 valence electrons. The van der Waals surface area contributed by atoms with E-state index in [0.29, 0.717) is 6.10 Å². The van der Waals surface area contributed by atoms with Gasteiger partial charge < -0.3 is 10.1 Å². The van der Waals surface area contributed by atoms with Crippen molar-refractivity contribution in [1.82, 2.24) is 5.32 Å². The highest BCUT2D eigenvalue weighted by molar-refractivity contribution is 4.72. The lowest BCUT2D eigenvalue weighted by Gasteiger charge is -2.21. The van der Waals surface area contributed by atoms with E-state index in [1.54, 1.807) is 0 Å². The van der Waals surface area contributed by atoms with Gasteiger partial charge in [0.1, 0.15) is 6.61 Å². The highest BCUT2D eigenvalue weighted by atomic mass is 16.5. The summed E-state index contributed by atoms with van der Waals surface area (Å²) in [5, 5.41) is 11.4. The van der Waals surface area contributed by atoms with Crippen molar-refractivity contribution in [2.45, 2.75) is 18.9 Å². The van der Waals surface area contributed by atoms with Crippen molar-refractivity contribution in [1.29, 1.82) is 5.26 Å². The summed E-state index contributed by atoms with van der Waals surface area (Å²) in [4.78, 5) is 0. The summed E-state index contributed by atoms with van der Waals surface area (Å²) in [5.74, 6) is 0. The first-order valence-electron chi connectivity index (χ1n) is 3.63. The van der Waals surface area contributed by atoms with Crippen LogP contribution < -0.4 is 5.32 Å². The van der Waals surface area contributed by atoms with E-state index in [9.17, 15) is 0 Å². The molecule has 0 aromatic rings. The standard InChI is InChI=1S/C7H12N2O/c8-3-6-10-7-1-4-9-5-2-7/h7,9H,1-2,4-6H2. The monoisotopic (exact) mass is 140 g/mol. The van der Waals surface area contributed by atoms with Crippen LogP contribution in [0.2, 0.25) is 0 Å². The molecule has 1 aliphatic rings. The van der Waals surface area contributed by atoms with Gasteiger partial charge in [0.2, 0.25) is 0 Å². The van der Waals surface area contributed by atoms with Crippen LogP contribution >= 0.6 is 0 Å². The first-order chi connectivity index (χ1) is 4.93. The molecule has 0 radical (unpaired) electrons. The summed E-state index contributed by atoms with van der Waals surface area (Å²) in [5.41, 5.74) is 0. The highest BCUT2D eigenvalue weighted by Gasteiger charge is 2.11. The third-order valence-electron chi connectivity index (χ3n) is 1.67. The van der Waals surface area contributed by atoms with Gasteiger partial charge >= 0.3 is 0 Å². The number of ether oxygens (including phenoxy) is 1. The largest absolute Gasteiger partial charge is 0.363 e. The predicted octanol–water partition coefficient (Wildman–Crippen LogP) is 0.279. The van der Waals surface area contributed by atoms with Crippen LogP contribution in [0, 0.1) is 11.3 Å². The van der Waals surface area contributed by atoms with Gasteiger partial charge in [-0.3, -0.25) is 0 Å². The fourth-order valence-electron chi connectivity index (χ4n) is 1.12. The Morgan fingerprint density at radius 3 is 2.80 bits per heavy atom. The van der Waals surface area contributed by atoms with Crippen molar-refractivity contribution >= 4 is 0 Å². The molecule has 0 aromatic heterocycles. The van der Waals surface area contributed by atoms with Crippen molar-refractivity contribution in [2.24, 2.45) is 0 Å². The van der Waals surface area contributed by atoms with E-state index >= 15 is 0 Å². The molecule has 0 atom stereocenters. The van der Waals surface area contributed by atoms with Crippen LogP contribution in [0.3, 0.4) is 0 Å². The average molecular weight is 140 g/mol. The number of nitriles is 1. The van der Waals surface area contributed by atoms with Gasteiger partial charge in [-0.25, -0.2) is 0 Å². The summed E-state index contributed by atoms with van der Waals surface area (Å²) in [6, 6.07) is 1.97. The summed E-state index contributed by atoms with van der Waals surface area (Å²) >= 11 is 0. The van der Waals surface area contributed by atoms with Gasteiger partial charge in [-0.05, 0) is 25.9 Å². The molecule has 1 saturated heterocycles. The minimum atomic E-state index is 0.241. The van der Waals surface area contributed by atoms with Crippen LogP contribution in [0.15, 0.2) is 0 Å². The number of hydrogen-bond donors (Lipinski definition) is 1. The van der Waals surface area contributed by atoms with Crippen molar-refractivity contribution in [2.75, 3.05) is 19.7 Å². The van der Waals surface area contributed by atoms with E-state index in [1.807, 2.05) is 6.07 Å². The zero-order chi connectivity index (χ0) is 7.23. The molecule has 0 amide bonds. The number of nitrogens with one attached hydrogen (secondary N) is 1.